The third-order valence-electron chi connectivity index (χ3n) is 2.00. The molecule has 13 heavy (non-hydrogen) atoms. The van der Waals surface area contributed by atoms with Crippen molar-refractivity contribution in [2.45, 2.75) is 20.8 Å². The van der Waals surface area contributed by atoms with E-state index in [4.69, 9.17) is 4.42 Å². The van der Waals surface area contributed by atoms with Crippen molar-refractivity contribution in [3.8, 4) is 0 Å². The lowest BCUT2D eigenvalue weighted by molar-refractivity contribution is 0.0739. The third kappa shape index (κ3) is 2.11. The fraction of sp³-hybridized carbons (Fsp3) is 0.500. The van der Waals surface area contributed by atoms with E-state index >= 15 is 0 Å². The van der Waals surface area contributed by atoms with Gasteiger partial charge in [-0.2, -0.15) is 0 Å². The molecular formula is C10H15NO2. The maximum absolute atomic E-state index is 11.7. The van der Waals surface area contributed by atoms with Crippen LogP contribution >= 0.6 is 0 Å². The van der Waals surface area contributed by atoms with Crippen molar-refractivity contribution < 1.29 is 9.21 Å². The van der Waals surface area contributed by atoms with Crippen molar-refractivity contribution in [1.29, 1.82) is 0 Å². The average Bonchev–Trinajstić information content (AvgIpc) is 2.54. The van der Waals surface area contributed by atoms with Gasteiger partial charge in [-0.15, -0.1) is 0 Å². The van der Waals surface area contributed by atoms with Crippen LogP contribution in [-0.4, -0.2) is 23.9 Å². The van der Waals surface area contributed by atoms with E-state index in [1.807, 2.05) is 20.8 Å². The Bertz CT molecular complexity index is 287. The van der Waals surface area contributed by atoms with E-state index in [-0.39, 0.29) is 5.91 Å². The Morgan fingerprint density at radius 1 is 1.38 bits per heavy atom. The van der Waals surface area contributed by atoms with Gasteiger partial charge in [0.1, 0.15) is 5.76 Å². The second-order valence-corrected chi connectivity index (χ2v) is 2.89. The van der Waals surface area contributed by atoms with Crippen LogP contribution in [0.2, 0.25) is 0 Å². The van der Waals surface area contributed by atoms with E-state index < -0.39 is 0 Å². The highest BCUT2D eigenvalue weighted by atomic mass is 16.3. The zero-order valence-corrected chi connectivity index (χ0v) is 8.33. The first kappa shape index (κ1) is 9.84. The van der Waals surface area contributed by atoms with E-state index in [2.05, 4.69) is 0 Å². The summed E-state index contributed by atoms with van der Waals surface area (Å²) in [6.45, 7) is 7.18. The summed E-state index contributed by atoms with van der Waals surface area (Å²) in [5, 5.41) is 0. The molecule has 0 bridgehead atoms. The second kappa shape index (κ2) is 4.12. The van der Waals surface area contributed by atoms with E-state index in [1.165, 1.54) is 0 Å². The van der Waals surface area contributed by atoms with Crippen molar-refractivity contribution in [2.75, 3.05) is 13.1 Å². The largest absolute Gasteiger partial charge is 0.456 e. The number of rotatable bonds is 3. The lowest BCUT2D eigenvalue weighted by Gasteiger charge is -2.16. The molecule has 0 unspecified atom stereocenters. The van der Waals surface area contributed by atoms with Crippen molar-refractivity contribution in [3.05, 3.63) is 23.7 Å². The molecule has 3 heteroatoms. The monoisotopic (exact) mass is 181 g/mol. The first-order valence-electron chi connectivity index (χ1n) is 4.54. The Morgan fingerprint density at radius 3 is 2.38 bits per heavy atom. The minimum atomic E-state index is -0.0295. The Hall–Kier alpha value is -1.25. The molecule has 1 aromatic rings. The molecule has 0 N–H and O–H groups in total. The quantitative estimate of drug-likeness (QED) is 0.715. The third-order valence-corrected chi connectivity index (χ3v) is 2.00. The van der Waals surface area contributed by atoms with Gasteiger partial charge in [-0.05, 0) is 32.9 Å². The van der Waals surface area contributed by atoms with E-state index in [0.717, 1.165) is 18.8 Å². The minimum absolute atomic E-state index is 0.0295. The number of carbonyl (C=O) groups is 1. The van der Waals surface area contributed by atoms with Gasteiger partial charge in [0.25, 0.3) is 5.91 Å². The van der Waals surface area contributed by atoms with Crippen molar-refractivity contribution in [2.24, 2.45) is 0 Å². The maximum atomic E-state index is 11.7. The van der Waals surface area contributed by atoms with Gasteiger partial charge in [-0.3, -0.25) is 4.79 Å². The minimum Gasteiger partial charge on any atom is -0.456 e. The van der Waals surface area contributed by atoms with Crippen LogP contribution in [0, 0.1) is 6.92 Å². The Morgan fingerprint density at radius 2 is 2.00 bits per heavy atom. The molecule has 1 rings (SSSR count). The zero-order chi connectivity index (χ0) is 9.84. The molecular weight excluding hydrogens is 166 g/mol. The molecule has 0 saturated heterocycles. The first-order chi connectivity index (χ1) is 6.19. The van der Waals surface area contributed by atoms with Gasteiger partial charge in [-0.25, -0.2) is 0 Å². The fourth-order valence-electron chi connectivity index (χ4n) is 1.22. The first-order valence-corrected chi connectivity index (χ1v) is 4.54. The number of hydrogen-bond acceptors (Lipinski definition) is 2. The predicted octanol–water partition coefficient (Wildman–Crippen LogP) is 2.07. The van der Waals surface area contributed by atoms with E-state index in [9.17, 15) is 4.79 Å². The van der Waals surface area contributed by atoms with Gasteiger partial charge in [0.15, 0.2) is 5.76 Å². The summed E-state index contributed by atoms with van der Waals surface area (Å²) in [7, 11) is 0. The lowest BCUT2D eigenvalue weighted by Crippen LogP contribution is -2.30. The number of aryl methyl sites for hydroxylation is 1. The summed E-state index contributed by atoms with van der Waals surface area (Å²) in [4.78, 5) is 13.4. The van der Waals surface area contributed by atoms with Gasteiger partial charge in [0.2, 0.25) is 0 Å². The molecule has 0 aromatic carbocycles. The van der Waals surface area contributed by atoms with Crippen LogP contribution < -0.4 is 0 Å². The molecule has 0 fully saturated rings. The van der Waals surface area contributed by atoms with Gasteiger partial charge in [-0.1, -0.05) is 0 Å². The molecule has 0 saturated carbocycles. The summed E-state index contributed by atoms with van der Waals surface area (Å²) in [6, 6.07) is 3.52. The maximum Gasteiger partial charge on any atom is 0.289 e. The molecule has 0 radical (unpaired) electrons. The van der Waals surface area contributed by atoms with Crippen molar-refractivity contribution in [1.82, 2.24) is 4.90 Å². The number of carbonyl (C=O) groups excluding carboxylic acids is 1. The zero-order valence-electron chi connectivity index (χ0n) is 8.33. The van der Waals surface area contributed by atoms with Gasteiger partial charge < -0.3 is 9.32 Å². The molecule has 1 aromatic heterocycles. The number of hydrogen-bond donors (Lipinski definition) is 0. The molecule has 72 valence electrons. The molecule has 0 spiro atoms. The van der Waals surface area contributed by atoms with Crippen LogP contribution in [0.3, 0.4) is 0 Å². The van der Waals surface area contributed by atoms with E-state index in [0.29, 0.717) is 5.76 Å². The van der Waals surface area contributed by atoms with Crippen LogP contribution in [0.25, 0.3) is 0 Å². The molecule has 1 amide bonds. The molecule has 0 aliphatic heterocycles. The Balaban J connectivity index is 2.78. The number of furan rings is 1. The summed E-state index contributed by atoms with van der Waals surface area (Å²) in [5.74, 6) is 1.18. The highest BCUT2D eigenvalue weighted by Gasteiger charge is 2.15. The summed E-state index contributed by atoms with van der Waals surface area (Å²) >= 11 is 0. The normalized spacial score (nSPS) is 10.1. The standard InChI is InChI=1S/C10H15NO2/c1-4-11(5-2)10(12)9-7-6-8(3)13-9/h6-7H,4-5H2,1-3H3. The van der Waals surface area contributed by atoms with Crippen LogP contribution in [-0.2, 0) is 0 Å². The van der Waals surface area contributed by atoms with Crippen molar-refractivity contribution in [3.63, 3.8) is 0 Å². The summed E-state index contributed by atoms with van der Waals surface area (Å²) in [5.41, 5.74) is 0. The van der Waals surface area contributed by atoms with Gasteiger partial charge in [0, 0.05) is 13.1 Å². The van der Waals surface area contributed by atoms with E-state index in [1.54, 1.807) is 17.0 Å². The Kier molecular flexibility index (Phi) is 3.12. The van der Waals surface area contributed by atoms with Crippen LogP contribution in [0.4, 0.5) is 0 Å². The highest BCUT2D eigenvalue weighted by molar-refractivity contribution is 5.91. The highest BCUT2D eigenvalue weighted by Crippen LogP contribution is 2.09. The number of nitrogens with zero attached hydrogens (tertiary/aromatic N) is 1. The van der Waals surface area contributed by atoms with Crippen LogP contribution in [0.1, 0.15) is 30.2 Å². The molecule has 0 atom stereocenters. The fourth-order valence-corrected chi connectivity index (χ4v) is 1.22. The SMILES string of the molecule is CCN(CC)C(=O)c1ccc(C)o1. The molecule has 0 aliphatic rings. The molecule has 1 heterocycles. The van der Waals surface area contributed by atoms with Crippen LogP contribution in [0.5, 0.6) is 0 Å². The number of amides is 1. The summed E-state index contributed by atoms with van der Waals surface area (Å²) < 4.78 is 5.24. The van der Waals surface area contributed by atoms with Gasteiger partial charge >= 0.3 is 0 Å². The topological polar surface area (TPSA) is 33.5 Å². The summed E-state index contributed by atoms with van der Waals surface area (Å²) in [6.07, 6.45) is 0. The average molecular weight is 181 g/mol. The van der Waals surface area contributed by atoms with Gasteiger partial charge in [0.05, 0.1) is 0 Å². The van der Waals surface area contributed by atoms with Crippen LogP contribution in [0.15, 0.2) is 16.5 Å². The molecule has 0 aliphatic carbocycles. The van der Waals surface area contributed by atoms with Crippen molar-refractivity contribution >= 4 is 5.91 Å². The lowest BCUT2D eigenvalue weighted by atomic mass is 10.3. The smallest absolute Gasteiger partial charge is 0.289 e. The molecule has 3 nitrogen and oxygen atoms in total. The second-order valence-electron chi connectivity index (χ2n) is 2.89. The predicted molar refractivity (Wildman–Crippen MR) is 50.7 cm³/mol. The Labute approximate surface area is 78.3 Å².